The van der Waals surface area contributed by atoms with Crippen molar-refractivity contribution in [2.24, 2.45) is 0 Å². The Bertz CT molecular complexity index is 267. The zero-order valence-electron chi connectivity index (χ0n) is 11.0. The first-order valence-electron chi connectivity index (χ1n) is 5.65. The van der Waals surface area contributed by atoms with Gasteiger partial charge in [0.15, 0.2) is 5.05 Å². The van der Waals surface area contributed by atoms with Crippen molar-refractivity contribution in [1.82, 2.24) is 4.57 Å². The van der Waals surface area contributed by atoms with Crippen molar-refractivity contribution in [3.8, 4) is 12.3 Å². The van der Waals surface area contributed by atoms with E-state index in [1.807, 2.05) is 6.92 Å². The Morgan fingerprint density at radius 3 is 2.44 bits per heavy atom. The first kappa shape index (κ1) is 15.6. The van der Waals surface area contributed by atoms with Crippen molar-refractivity contribution >= 4 is 25.5 Å². The molecule has 0 rings (SSSR count). The molecule has 0 amide bonds. The van der Waals surface area contributed by atoms with Gasteiger partial charge < -0.3 is 9.30 Å². The highest BCUT2D eigenvalue weighted by Gasteiger charge is 2.27. The van der Waals surface area contributed by atoms with Gasteiger partial charge in [0.2, 0.25) is 0 Å². The largest absolute Gasteiger partial charge is 0.487 e. The number of nitrogens with zero attached hydrogens (tertiary/aromatic N) is 1. The van der Waals surface area contributed by atoms with Crippen molar-refractivity contribution < 1.29 is 4.74 Å². The highest BCUT2D eigenvalue weighted by Crippen LogP contribution is 2.16. The number of hydrogen-bond acceptors (Lipinski definition) is 3. The van der Waals surface area contributed by atoms with Gasteiger partial charge in [0.1, 0.15) is 8.24 Å². The SMILES string of the molecule is C#CCC(CC(=S)OCC)N(C)[Si](C)(C)C. The fourth-order valence-electron chi connectivity index (χ4n) is 1.44. The smallest absolute Gasteiger partial charge is 0.161 e. The molecule has 0 bridgehead atoms. The van der Waals surface area contributed by atoms with E-state index in [4.69, 9.17) is 23.4 Å². The van der Waals surface area contributed by atoms with Crippen molar-refractivity contribution in [3.63, 3.8) is 0 Å². The van der Waals surface area contributed by atoms with E-state index in [0.717, 1.165) is 12.8 Å². The van der Waals surface area contributed by atoms with Crippen molar-refractivity contribution in [3.05, 3.63) is 0 Å². The summed E-state index contributed by atoms with van der Waals surface area (Å²) in [5.74, 6) is 2.73. The summed E-state index contributed by atoms with van der Waals surface area (Å²) in [4.78, 5) is 0. The molecule has 0 aliphatic carbocycles. The average Bonchev–Trinajstić information content (AvgIpc) is 2.15. The second kappa shape index (κ2) is 7.05. The molecule has 1 atom stereocenters. The molecule has 92 valence electrons. The summed E-state index contributed by atoms with van der Waals surface area (Å²) in [5, 5.41) is 0.674. The van der Waals surface area contributed by atoms with Gasteiger partial charge in [-0.05, 0) is 26.2 Å². The Kier molecular flexibility index (Phi) is 6.89. The molecule has 1 unspecified atom stereocenters. The molecule has 0 aliphatic heterocycles. The Morgan fingerprint density at radius 2 is 2.06 bits per heavy atom. The summed E-state index contributed by atoms with van der Waals surface area (Å²) in [6.07, 6.45) is 6.90. The number of thiocarbonyl (C=S) groups is 1. The summed E-state index contributed by atoms with van der Waals surface area (Å²) in [6, 6.07) is 0.315. The monoisotopic (exact) mass is 257 g/mol. The minimum Gasteiger partial charge on any atom is -0.487 e. The van der Waals surface area contributed by atoms with Gasteiger partial charge in [-0.25, -0.2) is 0 Å². The van der Waals surface area contributed by atoms with E-state index >= 15 is 0 Å². The van der Waals surface area contributed by atoms with Crippen LogP contribution in [0.1, 0.15) is 19.8 Å². The van der Waals surface area contributed by atoms with Gasteiger partial charge in [0.05, 0.1) is 6.61 Å². The van der Waals surface area contributed by atoms with Gasteiger partial charge >= 0.3 is 0 Å². The minimum absolute atomic E-state index is 0.315. The molecular formula is C12H23NOSSi. The summed E-state index contributed by atoms with van der Waals surface area (Å²) in [7, 11) is 0.814. The number of terminal acetylenes is 1. The zero-order chi connectivity index (χ0) is 12.8. The molecular weight excluding hydrogens is 234 g/mol. The first-order valence-corrected chi connectivity index (χ1v) is 9.50. The van der Waals surface area contributed by atoms with Crippen LogP contribution in [0.5, 0.6) is 0 Å². The molecule has 16 heavy (non-hydrogen) atoms. The number of ether oxygens (including phenoxy) is 1. The van der Waals surface area contributed by atoms with E-state index < -0.39 is 8.24 Å². The van der Waals surface area contributed by atoms with Gasteiger partial charge in [-0.2, -0.15) is 0 Å². The molecule has 0 radical (unpaired) electrons. The predicted octanol–water partition coefficient (Wildman–Crippen LogP) is 2.90. The maximum atomic E-state index is 5.41. The first-order chi connectivity index (χ1) is 7.32. The third-order valence-corrected chi connectivity index (χ3v) is 5.43. The zero-order valence-corrected chi connectivity index (χ0v) is 12.9. The van der Waals surface area contributed by atoms with Gasteiger partial charge in [-0.3, -0.25) is 0 Å². The Labute approximate surface area is 106 Å². The molecule has 0 saturated carbocycles. The van der Waals surface area contributed by atoms with Crippen LogP contribution in [0.25, 0.3) is 0 Å². The molecule has 0 spiro atoms. The lowest BCUT2D eigenvalue weighted by Gasteiger charge is -2.36. The Balaban J connectivity index is 4.50. The van der Waals surface area contributed by atoms with Crippen LogP contribution in [0, 0.1) is 12.3 Å². The fourth-order valence-corrected chi connectivity index (χ4v) is 3.03. The molecule has 0 aromatic carbocycles. The summed E-state index contributed by atoms with van der Waals surface area (Å²) in [5.41, 5.74) is 0. The molecule has 0 aromatic rings. The Morgan fingerprint density at radius 1 is 1.50 bits per heavy atom. The summed E-state index contributed by atoms with van der Waals surface area (Å²) in [6.45, 7) is 9.50. The van der Waals surface area contributed by atoms with Crippen LogP contribution in [-0.2, 0) is 4.74 Å². The van der Waals surface area contributed by atoms with E-state index in [1.54, 1.807) is 0 Å². The lowest BCUT2D eigenvalue weighted by molar-refractivity contribution is 0.303. The second-order valence-electron chi connectivity index (χ2n) is 4.85. The fraction of sp³-hybridized carbons (Fsp3) is 0.750. The van der Waals surface area contributed by atoms with Crippen molar-refractivity contribution in [2.45, 2.75) is 45.4 Å². The number of rotatable bonds is 6. The van der Waals surface area contributed by atoms with Crippen LogP contribution in [-0.4, -0.2) is 37.5 Å². The van der Waals surface area contributed by atoms with Crippen LogP contribution in [0.15, 0.2) is 0 Å². The molecule has 0 heterocycles. The van der Waals surface area contributed by atoms with E-state index in [9.17, 15) is 0 Å². The molecule has 0 saturated heterocycles. The number of hydrogen-bond donors (Lipinski definition) is 0. The van der Waals surface area contributed by atoms with Crippen molar-refractivity contribution in [2.75, 3.05) is 13.7 Å². The highest BCUT2D eigenvalue weighted by atomic mass is 32.1. The van der Waals surface area contributed by atoms with E-state index in [2.05, 4.69) is 37.2 Å². The van der Waals surface area contributed by atoms with Gasteiger partial charge in [0.25, 0.3) is 0 Å². The van der Waals surface area contributed by atoms with Crippen LogP contribution < -0.4 is 0 Å². The predicted molar refractivity (Wildman–Crippen MR) is 77.2 cm³/mol. The molecule has 0 aromatic heterocycles. The van der Waals surface area contributed by atoms with E-state index in [1.165, 1.54) is 0 Å². The molecule has 0 aliphatic rings. The van der Waals surface area contributed by atoms with Crippen LogP contribution in [0.2, 0.25) is 19.6 Å². The van der Waals surface area contributed by atoms with Crippen LogP contribution in [0.4, 0.5) is 0 Å². The third kappa shape index (κ3) is 5.64. The van der Waals surface area contributed by atoms with Crippen LogP contribution in [0.3, 0.4) is 0 Å². The lowest BCUT2D eigenvalue weighted by Crippen LogP contribution is -2.49. The van der Waals surface area contributed by atoms with Crippen molar-refractivity contribution in [1.29, 1.82) is 0 Å². The molecule has 2 nitrogen and oxygen atoms in total. The van der Waals surface area contributed by atoms with Crippen LogP contribution >= 0.6 is 12.2 Å². The maximum Gasteiger partial charge on any atom is 0.161 e. The second-order valence-corrected chi connectivity index (χ2v) is 10.4. The van der Waals surface area contributed by atoms with Gasteiger partial charge in [0, 0.05) is 18.9 Å². The van der Waals surface area contributed by atoms with Gasteiger partial charge in [-0.15, -0.1) is 12.3 Å². The van der Waals surface area contributed by atoms with Gasteiger partial charge in [-0.1, -0.05) is 19.6 Å². The standard InChI is InChI=1S/C12H23NOSSi/c1-7-9-11(10-12(15)14-8-2)13(3)16(4,5)6/h1,11H,8-10H2,2-6H3. The third-order valence-electron chi connectivity index (χ3n) is 2.67. The normalized spacial score (nSPS) is 13.3. The lowest BCUT2D eigenvalue weighted by atomic mass is 10.1. The van der Waals surface area contributed by atoms with E-state index in [0.29, 0.717) is 17.7 Å². The summed E-state index contributed by atoms with van der Waals surface area (Å²) < 4.78 is 7.73. The molecule has 4 heteroatoms. The molecule has 0 N–H and O–H groups in total. The topological polar surface area (TPSA) is 12.5 Å². The Hall–Kier alpha value is -0.373. The van der Waals surface area contributed by atoms with E-state index in [-0.39, 0.29) is 0 Å². The minimum atomic E-state index is -1.33. The highest BCUT2D eigenvalue weighted by molar-refractivity contribution is 7.80. The average molecular weight is 257 g/mol. The maximum absolute atomic E-state index is 5.41. The summed E-state index contributed by atoms with van der Waals surface area (Å²) >= 11 is 5.18. The quantitative estimate of drug-likeness (QED) is 0.412. The molecule has 0 fully saturated rings.